The Balaban J connectivity index is 1.74. The van der Waals surface area contributed by atoms with Gasteiger partial charge >= 0.3 is 0 Å². The molecule has 0 radical (unpaired) electrons. The van der Waals surface area contributed by atoms with Crippen LogP contribution in [0, 0.1) is 0 Å². The van der Waals surface area contributed by atoms with Crippen LogP contribution in [0.15, 0.2) is 114 Å². The lowest BCUT2D eigenvalue weighted by atomic mass is 9.82. The van der Waals surface area contributed by atoms with Crippen molar-refractivity contribution < 1.29 is 0 Å². The lowest BCUT2D eigenvalue weighted by molar-refractivity contribution is 0.932. The number of fused-ring (bicyclic) bond motifs is 2. The van der Waals surface area contributed by atoms with E-state index in [9.17, 15) is 0 Å². The van der Waals surface area contributed by atoms with Crippen molar-refractivity contribution >= 4 is 37.7 Å². The monoisotopic (exact) mass is 490 g/mol. The van der Waals surface area contributed by atoms with Gasteiger partial charge < -0.3 is 9.55 Å². The van der Waals surface area contributed by atoms with E-state index in [0.717, 1.165) is 9.99 Å². The molecule has 2 nitrogen and oxygen atoms in total. The van der Waals surface area contributed by atoms with Gasteiger partial charge in [0.25, 0.3) is 0 Å². The van der Waals surface area contributed by atoms with Crippen molar-refractivity contribution in [3.8, 4) is 11.3 Å². The highest BCUT2D eigenvalue weighted by atomic mass is 79.9. The standard InChI is InChI=1S/C30H23BrN2/c1-33-19-23(28-24(31)16-10-18-26(28)33)27(20-11-4-2-5-12-20)29-22-15-8-9-17-25(22)32-30(29)21-13-6-3-7-14-21/h2-19,27,32H,1H3. The Labute approximate surface area is 201 Å². The molecule has 4 aromatic carbocycles. The second-order valence-electron chi connectivity index (χ2n) is 8.50. The molecule has 2 aromatic heterocycles. The van der Waals surface area contributed by atoms with E-state index in [-0.39, 0.29) is 5.92 Å². The number of aromatic amines is 1. The molecule has 0 saturated heterocycles. The van der Waals surface area contributed by atoms with E-state index in [4.69, 9.17) is 0 Å². The predicted molar refractivity (Wildman–Crippen MR) is 142 cm³/mol. The molecule has 0 bridgehead atoms. The molecule has 33 heavy (non-hydrogen) atoms. The van der Waals surface area contributed by atoms with Gasteiger partial charge in [-0.2, -0.15) is 0 Å². The van der Waals surface area contributed by atoms with Crippen LogP contribution in [0.25, 0.3) is 33.1 Å². The molecule has 0 aliphatic carbocycles. The maximum atomic E-state index is 3.86. The first-order valence-corrected chi connectivity index (χ1v) is 12.0. The van der Waals surface area contributed by atoms with E-state index in [1.807, 2.05) is 0 Å². The molecular weight excluding hydrogens is 468 g/mol. The second kappa shape index (κ2) is 8.09. The van der Waals surface area contributed by atoms with Gasteiger partial charge in [0.1, 0.15) is 0 Å². The van der Waals surface area contributed by atoms with E-state index >= 15 is 0 Å². The van der Waals surface area contributed by atoms with Crippen LogP contribution in [0.4, 0.5) is 0 Å². The number of benzene rings is 4. The van der Waals surface area contributed by atoms with Crippen LogP contribution < -0.4 is 0 Å². The van der Waals surface area contributed by atoms with Gasteiger partial charge in [0.15, 0.2) is 0 Å². The quantitative estimate of drug-likeness (QED) is 0.256. The number of aromatic nitrogens is 2. The SMILES string of the molecule is Cn1cc(C(c2ccccc2)c2c(-c3ccccc3)[nH]c3ccccc23)c2c(Br)cccc21. The topological polar surface area (TPSA) is 20.7 Å². The van der Waals surface area contributed by atoms with E-state index < -0.39 is 0 Å². The van der Waals surface area contributed by atoms with Crippen molar-refractivity contribution in [1.82, 2.24) is 9.55 Å². The Kier molecular flexibility index (Phi) is 4.92. The molecule has 0 aliphatic rings. The van der Waals surface area contributed by atoms with Crippen molar-refractivity contribution in [2.75, 3.05) is 0 Å². The molecule has 1 N–H and O–H groups in total. The fourth-order valence-corrected chi connectivity index (χ4v) is 5.68. The average molecular weight is 491 g/mol. The molecule has 3 heteroatoms. The first-order chi connectivity index (χ1) is 16.2. The van der Waals surface area contributed by atoms with Crippen LogP contribution in [0.3, 0.4) is 0 Å². The van der Waals surface area contributed by atoms with Crippen molar-refractivity contribution in [2.24, 2.45) is 7.05 Å². The molecule has 6 aromatic rings. The molecule has 0 aliphatic heterocycles. The van der Waals surface area contributed by atoms with Gasteiger partial charge in [0, 0.05) is 45.4 Å². The van der Waals surface area contributed by atoms with Crippen LogP contribution in [-0.2, 0) is 7.05 Å². The van der Waals surface area contributed by atoms with Gasteiger partial charge in [-0.05, 0) is 40.5 Å². The van der Waals surface area contributed by atoms with Gasteiger partial charge in [0.05, 0.1) is 5.69 Å². The molecule has 160 valence electrons. The zero-order chi connectivity index (χ0) is 22.4. The van der Waals surface area contributed by atoms with Crippen molar-refractivity contribution in [1.29, 1.82) is 0 Å². The minimum atomic E-state index is 0.0694. The number of para-hydroxylation sites is 1. The number of aryl methyl sites for hydroxylation is 1. The zero-order valence-electron chi connectivity index (χ0n) is 18.3. The van der Waals surface area contributed by atoms with Gasteiger partial charge in [-0.25, -0.2) is 0 Å². The Hall–Kier alpha value is -3.56. The summed E-state index contributed by atoms with van der Waals surface area (Å²) in [5.74, 6) is 0.0694. The van der Waals surface area contributed by atoms with E-state index in [0.29, 0.717) is 0 Å². The number of nitrogens with one attached hydrogen (secondary N) is 1. The summed E-state index contributed by atoms with van der Waals surface area (Å²) in [5, 5.41) is 2.52. The third-order valence-corrected chi connectivity index (χ3v) is 7.20. The Morgan fingerprint density at radius 3 is 2.24 bits per heavy atom. The number of halogens is 1. The fraction of sp³-hybridized carbons (Fsp3) is 0.0667. The first-order valence-electron chi connectivity index (χ1n) is 11.2. The number of rotatable bonds is 4. The Bertz CT molecular complexity index is 1580. The molecule has 1 atom stereocenters. The summed E-state index contributed by atoms with van der Waals surface area (Å²) >= 11 is 3.86. The van der Waals surface area contributed by atoms with E-state index in [2.05, 4.69) is 142 Å². The van der Waals surface area contributed by atoms with Crippen molar-refractivity contribution in [3.05, 3.63) is 130 Å². The highest BCUT2D eigenvalue weighted by molar-refractivity contribution is 9.10. The van der Waals surface area contributed by atoms with Crippen LogP contribution >= 0.6 is 15.9 Å². The van der Waals surface area contributed by atoms with Gasteiger partial charge in [0.2, 0.25) is 0 Å². The summed E-state index contributed by atoms with van der Waals surface area (Å²) in [6.45, 7) is 0. The van der Waals surface area contributed by atoms with E-state index in [1.54, 1.807) is 0 Å². The first kappa shape index (κ1) is 20.1. The smallest absolute Gasteiger partial charge is 0.0507 e. The molecule has 2 heterocycles. The fourth-order valence-electron chi connectivity index (χ4n) is 5.10. The lowest BCUT2D eigenvalue weighted by Gasteiger charge is -2.20. The maximum Gasteiger partial charge on any atom is 0.0507 e. The predicted octanol–water partition coefficient (Wildman–Crippen LogP) is 8.27. The average Bonchev–Trinajstić information content (AvgIpc) is 3.40. The lowest BCUT2D eigenvalue weighted by Crippen LogP contribution is -2.04. The third-order valence-electron chi connectivity index (χ3n) is 6.53. The number of hydrogen-bond acceptors (Lipinski definition) is 0. The zero-order valence-corrected chi connectivity index (χ0v) is 19.9. The van der Waals surface area contributed by atoms with Crippen molar-refractivity contribution in [3.63, 3.8) is 0 Å². The molecular formula is C30H23BrN2. The van der Waals surface area contributed by atoms with Crippen LogP contribution in [0.1, 0.15) is 22.6 Å². The van der Waals surface area contributed by atoms with Crippen molar-refractivity contribution in [2.45, 2.75) is 5.92 Å². The largest absolute Gasteiger partial charge is 0.354 e. The minimum absolute atomic E-state index is 0.0694. The van der Waals surface area contributed by atoms with Crippen LogP contribution in [-0.4, -0.2) is 9.55 Å². The molecule has 0 amide bonds. The number of nitrogens with zero attached hydrogens (tertiary/aromatic N) is 1. The summed E-state index contributed by atoms with van der Waals surface area (Å²) in [4.78, 5) is 3.75. The highest BCUT2D eigenvalue weighted by Gasteiger charge is 2.28. The summed E-state index contributed by atoms with van der Waals surface area (Å²) in [5.41, 5.74) is 8.65. The highest BCUT2D eigenvalue weighted by Crippen LogP contribution is 2.45. The number of H-pyrrole nitrogens is 1. The number of hydrogen-bond donors (Lipinski definition) is 1. The minimum Gasteiger partial charge on any atom is -0.354 e. The Morgan fingerprint density at radius 1 is 0.758 bits per heavy atom. The summed E-state index contributed by atoms with van der Waals surface area (Å²) < 4.78 is 3.36. The maximum absolute atomic E-state index is 3.86. The Morgan fingerprint density at radius 2 is 1.45 bits per heavy atom. The molecule has 0 saturated carbocycles. The van der Waals surface area contributed by atoms with Gasteiger partial charge in [-0.1, -0.05) is 101 Å². The van der Waals surface area contributed by atoms with Gasteiger partial charge in [-0.3, -0.25) is 0 Å². The van der Waals surface area contributed by atoms with Crippen LogP contribution in [0.2, 0.25) is 0 Å². The van der Waals surface area contributed by atoms with E-state index in [1.165, 1.54) is 44.2 Å². The summed E-state index contributed by atoms with van der Waals surface area (Å²) in [7, 11) is 2.13. The third kappa shape index (κ3) is 3.32. The normalized spacial score (nSPS) is 12.4. The second-order valence-corrected chi connectivity index (χ2v) is 9.35. The molecule has 0 spiro atoms. The van der Waals surface area contributed by atoms with Crippen LogP contribution in [0.5, 0.6) is 0 Å². The summed E-state index contributed by atoms with van der Waals surface area (Å²) in [6.07, 6.45) is 2.30. The molecule has 1 unspecified atom stereocenters. The molecule has 0 fully saturated rings. The summed E-state index contributed by atoms with van der Waals surface area (Å²) in [6, 6.07) is 36.6. The molecule has 6 rings (SSSR count). The van der Waals surface area contributed by atoms with Gasteiger partial charge in [-0.15, -0.1) is 0 Å².